The second kappa shape index (κ2) is 11.4. The first-order valence-corrected chi connectivity index (χ1v) is 13.4. The predicted molar refractivity (Wildman–Crippen MR) is 137 cm³/mol. The van der Waals surface area contributed by atoms with Crippen LogP contribution in [0.2, 0.25) is 0 Å². The van der Waals surface area contributed by atoms with E-state index in [-0.39, 0.29) is 17.3 Å². The summed E-state index contributed by atoms with van der Waals surface area (Å²) >= 11 is 1.73. The van der Waals surface area contributed by atoms with E-state index in [0.717, 1.165) is 22.6 Å². The Labute approximate surface area is 201 Å². The van der Waals surface area contributed by atoms with Crippen LogP contribution in [0.1, 0.15) is 22.3 Å². The number of hydrogen-bond donors (Lipinski definition) is 1. The maximum atomic E-state index is 13.4. The molecule has 174 valence electrons. The Morgan fingerprint density at radius 2 is 1.61 bits per heavy atom. The minimum absolute atomic E-state index is 0.160. The molecule has 0 unspecified atom stereocenters. The molecule has 0 atom stereocenters. The number of benzene rings is 3. The molecular formula is C26H30N2O3S2. The number of anilines is 1. The Morgan fingerprint density at radius 1 is 0.909 bits per heavy atom. The third kappa shape index (κ3) is 6.62. The molecule has 0 saturated heterocycles. The minimum Gasteiger partial charge on any atom is -0.354 e. The molecule has 0 aliphatic heterocycles. The SMILES string of the molecule is Cc1ccc(CSCCNC(=O)CN(c2cccc(C)c2C)S(=O)(=O)c2ccccc2)cc1. The number of carbonyl (C=O) groups is 1. The maximum Gasteiger partial charge on any atom is 0.264 e. The van der Waals surface area contributed by atoms with Gasteiger partial charge in [0.1, 0.15) is 6.54 Å². The molecule has 0 fully saturated rings. The van der Waals surface area contributed by atoms with E-state index in [1.165, 1.54) is 15.4 Å². The Morgan fingerprint density at radius 3 is 2.30 bits per heavy atom. The third-order valence-electron chi connectivity index (χ3n) is 5.42. The highest BCUT2D eigenvalue weighted by Crippen LogP contribution is 2.28. The van der Waals surface area contributed by atoms with Gasteiger partial charge in [0.2, 0.25) is 5.91 Å². The molecule has 7 heteroatoms. The monoisotopic (exact) mass is 482 g/mol. The lowest BCUT2D eigenvalue weighted by molar-refractivity contribution is -0.119. The molecule has 33 heavy (non-hydrogen) atoms. The van der Waals surface area contributed by atoms with E-state index in [0.29, 0.717) is 12.2 Å². The second-order valence-electron chi connectivity index (χ2n) is 7.93. The first-order chi connectivity index (χ1) is 15.8. The molecule has 0 aromatic heterocycles. The van der Waals surface area contributed by atoms with Crippen LogP contribution in [-0.2, 0) is 20.6 Å². The average Bonchev–Trinajstić information content (AvgIpc) is 2.81. The summed E-state index contributed by atoms with van der Waals surface area (Å²) in [6, 6.07) is 22.1. The van der Waals surface area contributed by atoms with Crippen molar-refractivity contribution < 1.29 is 13.2 Å². The Kier molecular flexibility index (Phi) is 8.58. The number of amides is 1. The van der Waals surface area contributed by atoms with E-state index in [2.05, 4.69) is 36.5 Å². The summed E-state index contributed by atoms with van der Waals surface area (Å²) in [5.74, 6) is 1.29. The zero-order chi connectivity index (χ0) is 23.8. The number of rotatable bonds is 10. The van der Waals surface area contributed by atoms with Gasteiger partial charge in [-0.15, -0.1) is 0 Å². The van der Waals surface area contributed by atoms with Crippen molar-refractivity contribution in [3.8, 4) is 0 Å². The molecule has 0 bridgehead atoms. The van der Waals surface area contributed by atoms with Crippen LogP contribution >= 0.6 is 11.8 Å². The largest absolute Gasteiger partial charge is 0.354 e. The standard InChI is InChI=1S/C26H30N2O3S2/c1-20-12-14-23(15-13-20)19-32-17-16-27-26(29)18-28(25-11-7-8-21(2)22(25)3)33(30,31)24-9-5-4-6-10-24/h4-15H,16-19H2,1-3H3,(H,27,29). The van der Waals surface area contributed by atoms with Gasteiger partial charge in [-0.25, -0.2) is 8.42 Å². The number of sulfonamides is 1. The third-order valence-corrected chi connectivity index (χ3v) is 8.23. The molecule has 3 aromatic carbocycles. The van der Waals surface area contributed by atoms with Crippen LogP contribution in [0, 0.1) is 20.8 Å². The lowest BCUT2D eigenvalue weighted by atomic mass is 10.1. The van der Waals surface area contributed by atoms with E-state index in [1.54, 1.807) is 48.2 Å². The molecule has 1 amide bonds. The zero-order valence-electron chi connectivity index (χ0n) is 19.2. The number of nitrogens with one attached hydrogen (secondary N) is 1. The fourth-order valence-corrected chi connectivity index (χ4v) is 5.67. The summed E-state index contributed by atoms with van der Waals surface area (Å²) in [5.41, 5.74) is 4.79. The van der Waals surface area contributed by atoms with Gasteiger partial charge in [-0.1, -0.05) is 60.2 Å². The Balaban J connectivity index is 1.66. The van der Waals surface area contributed by atoms with E-state index in [4.69, 9.17) is 0 Å². The van der Waals surface area contributed by atoms with Crippen molar-refractivity contribution in [2.45, 2.75) is 31.4 Å². The van der Waals surface area contributed by atoms with Crippen molar-refractivity contribution in [1.82, 2.24) is 5.32 Å². The Hall–Kier alpha value is -2.77. The molecule has 0 radical (unpaired) electrons. The lowest BCUT2D eigenvalue weighted by Crippen LogP contribution is -2.41. The number of nitrogens with zero attached hydrogens (tertiary/aromatic N) is 1. The first kappa shape index (κ1) is 24.9. The quantitative estimate of drug-likeness (QED) is 0.419. The van der Waals surface area contributed by atoms with Gasteiger partial charge >= 0.3 is 0 Å². The van der Waals surface area contributed by atoms with Crippen molar-refractivity contribution in [2.75, 3.05) is 23.1 Å². The number of thioether (sulfide) groups is 1. The van der Waals surface area contributed by atoms with Gasteiger partial charge in [-0.05, 0) is 55.7 Å². The molecule has 3 rings (SSSR count). The van der Waals surface area contributed by atoms with Crippen LogP contribution in [0.15, 0.2) is 77.7 Å². The summed E-state index contributed by atoms with van der Waals surface area (Å²) in [5, 5.41) is 2.87. The number of aryl methyl sites for hydroxylation is 2. The minimum atomic E-state index is -3.90. The van der Waals surface area contributed by atoms with E-state index < -0.39 is 10.0 Å². The second-order valence-corrected chi connectivity index (χ2v) is 10.9. The molecule has 3 aromatic rings. The lowest BCUT2D eigenvalue weighted by Gasteiger charge is -2.26. The van der Waals surface area contributed by atoms with Gasteiger partial charge in [0.15, 0.2) is 0 Å². The van der Waals surface area contributed by atoms with E-state index >= 15 is 0 Å². The van der Waals surface area contributed by atoms with Crippen LogP contribution in [0.25, 0.3) is 0 Å². The number of carbonyl (C=O) groups excluding carboxylic acids is 1. The summed E-state index contributed by atoms with van der Waals surface area (Å²) in [7, 11) is -3.90. The highest BCUT2D eigenvalue weighted by Gasteiger charge is 2.28. The van der Waals surface area contributed by atoms with E-state index in [1.807, 2.05) is 26.0 Å². The van der Waals surface area contributed by atoms with Gasteiger partial charge in [0.05, 0.1) is 10.6 Å². The molecular weight excluding hydrogens is 452 g/mol. The van der Waals surface area contributed by atoms with Gasteiger partial charge in [-0.3, -0.25) is 9.10 Å². The van der Waals surface area contributed by atoms with Gasteiger partial charge < -0.3 is 5.32 Å². The fourth-order valence-electron chi connectivity index (χ4n) is 3.35. The van der Waals surface area contributed by atoms with Crippen molar-refractivity contribution in [2.24, 2.45) is 0 Å². The summed E-state index contributed by atoms with van der Waals surface area (Å²) in [6.45, 7) is 6.06. The topological polar surface area (TPSA) is 66.5 Å². The van der Waals surface area contributed by atoms with Gasteiger partial charge in [0.25, 0.3) is 10.0 Å². The highest BCUT2D eigenvalue weighted by molar-refractivity contribution is 7.98. The predicted octanol–water partition coefficient (Wildman–Crippen LogP) is 4.86. The summed E-state index contributed by atoms with van der Waals surface area (Å²) in [4.78, 5) is 12.9. The molecule has 0 spiro atoms. The van der Waals surface area contributed by atoms with Crippen LogP contribution in [0.4, 0.5) is 5.69 Å². The molecule has 0 heterocycles. The summed E-state index contributed by atoms with van der Waals surface area (Å²) < 4.78 is 28.1. The molecule has 1 N–H and O–H groups in total. The van der Waals surface area contributed by atoms with E-state index in [9.17, 15) is 13.2 Å². The number of hydrogen-bond acceptors (Lipinski definition) is 4. The van der Waals surface area contributed by atoms with Gasteiger partial charge in [-0.2, -0.15) is 11.8 Å². The van der Waals surface area contributed by atoms with Crippen LogP contribution < -0.4 is 9.62 Å². The average molecular weight is 483 g/mol. The highest BCUT2D eigenvalue weighted by atomic mass is 32.2. The molecule has 0 saturated carbocycles. The van der Waals surface area contributed by atoms with Crippen molar-refractivity contribution in [3.05, 3.63) is 95.1 Å². The van der Waals surface area contributed by atoms with Gasteiger partial charge in [0, 0.05) is 18.1 Å². The smallest absolute Gasteiger partial charge is 0.264 e. The molecule has 0 aliphatic rings. The van der Waals surface area contributed by atoms with Crippen molar-refractivity contribution >= 4 is 33.4 Å². The molecule has 0 aliphatic carbocycles. The van der Waals surface area contributed by atoms with Crippen LogP contribution in [-0.4, -0.2) is 33.2 Å². The summed E-state index contributed by atoms with van der Waals surface area (Å²) in [6.07, 6.45) is 0. The van der Waals surface area contributed by atoms with Crippen molar-refractivity contribution in [1.29, 1.82) is 0 Å². The van der Waals surface area contributed by atoms with Crippen LogP contribution in [0.5, 0.6) is 0 Å². The maximum absolute atomic E-state index is 13.4. The zero-order valence-corrected chi connectivity index (χ0v) is 20.9. The van der Waals surface area contributed by atoms with Crippen molar-refractivity contribution in [3.63, 3.8) is 0 Å². The normalized spacial score (nSPS) is 11.2. The first-order valence-electron chi connectivity index (χ1n) is 10.8. The molecule has 5 nitrogen and oxygen atoms in total. The van der Waals surface area contributed by atoms with Crippen LogP contribution in [0.3, 0.4) is 0 Å². The fraction of sp³-hybridized carbons (Fsp3) is 0.269. The Bertz CT molecular complexity index is 1180.